The molecule has 1 aliphatic heterocycles. The molecule has 0 aromatic heterocycles. The number of benzene rings is 1. The van der Waals surface area contributed by atoms with Crippen molar-refractivity contribution in [1.82, 2.24) is 10.2 Å². The molecular formula is C13H16N2O4. The van der Waals surface area contributed by atoms with Gasteiger partial charge in [0.25, 0.3) is 5.91 Å². The summed E-state index contributed by atoms with van der Waals surface area (Å²) in [6.07, 6.45) is 0. The number of carbonyl (C=O) groups excluding carboxylic acids is 1. The van der Waals surface area contributed by atoms with Gasteiger partial charge in [-0.05, 0) is 18.2 Å². The van der Waals surface area contributed by atoms with Crippen LogP contribution in [0.3, 0.4) is 0 Å². The Labute approximate surface area is 111 Å². The van der Waals surface area contributed by atoms with Crippen molar-refractivity contribution in [2.24, 2.45) is 0 Å². The maximum Gasteiger partial charge on any atom is 0.322 e. The third kappa shape index (κ3) is 3.03. The fourth-order valence-electron chi connectivity index (χ4n) is 2.04. The molecular weight excluding hydrogens is 248 g/mol. The lowest BCUT2D eigenvalue weighted by Gasteiger charge is -2.31. The second kappa shape index (κ2) is 5.71. The van der Waals surface area contributed by atoms with Crippen molar-refractivity contribution in [3.05, 3.63) is 29.8 Å². The van der Waals surface area contributed by atoms with Crippen LogP contribution in [0.15, 0.2) is 24.3 Å². The van der Waals surface area contributed by atoms with Crippen LogP contribution in [0.1, 0.15) is 10.4 Å². The number of piperazine rings is 1. The number of carbonyl (C=O) groups is 2. The number of ether oxygens (including phenoxy) is 1. The number of carboxylic acids is 1. The summed E-state index contributed by atoms with van der Waals surface area (Å²) in [5.74, 6) is -0.509. The molecule has 0 aliphatic carbocycles. The SMILES string of the molecule is COc1cccc(C(=O)N2CCNC(C(=O)O)C2)c1. The van der Waals surface area contributed by atoms with Crippen LogP contribution in [0.25, 0.3) is 0 Å². The van der Waals surface area contributed by atoms with Crippen molar-refractivity contribution in [2.75, 3.05) is 26.7 Å². The third-order valence-corrected chi connectivity index (χ3v) is 3.08. The van der Waals surface area contributed by atoms with Gasteiger partial charge in [0.1, 0.15) is 11.8 Å². The van der Waals surface area contributed by atoms with Gasteiger partial charge in [-0.1, -0.05) is 6.07 Å². The molecule has 2 rings (SSSR count). The Bertz CT molecular complexity index is 489. The number of methoxy groups -OCH3 is 1. The number of carboxylic acid groups (broad SMARTS) is 1. The Hall–Kier alpha value is -2.08. The maximum atomic E-state index is 12.3. The van der Waals surface area contributed by atoms with E-state index in [9.17, 15) is 9.59 Å². The number of aliphatic carboxylic acids is 1. The highest BCUT2D eigenvalue weighted by atomic mass is 16.5. The first-order valence-corrected chi connectivity index (χ1v) is 6.01. The maximum absolute atomic E-state index is 12.3. The fraction of sp³-hybridized carbons (Fsp3) is 0.385. The van der Waals surface area contributed by atoms with Crippen LogP contribution < -0.4 is 10.1 Å². The van der Waals surface area contributed by atoms with Crippen molar-refractivity contribution in [3.63, 3.8) is 0 Å². The number of hydrogen-bond donors (Lipinski definition) is 2. The van der Waals surface area contributed by atoms with E-state index in [1.54, 1.807) is 29.2 Å². The molecule has 1 aromatic carbocycles. The van der Waals surface area contributed by atoms with Crippen LogP contribution in [0.4, 0.5) is 0 Å². The zero-order valence-corrected chi connectivity index (χ0v) is 10.6. The minimum atomic E-state index is -0.942. The standard InChI is InChI=1S/C13H16N2O4/c1-19-10-4-2-3-9(7-10)12(16)15-6-5-14-11(8-15)13(17)18/h2-4,7,11,14H,5-6,8H2,1H3,(H,17,18). The van der Waals surface area contributed by atoms with Gasteiger partial charge in [-0.25, -0.2) is 0 Å². The number of nitrogens with zero attached hydrogens (tertiary/aromatic N) is 1. The fourth-order valence-corrected chi connectivity index (χ4v) is 2.04. The van der Waals surface area contributed by atoms with Gasteiger partial charge >= 0.3 is 5.97 Å². The normalized spacial score (nSPS) is 19.0. The summed E-state index contributed by atoms with van der Waals surface area (Å²) in [5.41, 5.74) is 0.505. The lowest BCUT2D eigenvalue weighted by atomic mass is 10.1. The van der Waals surface area contributed by atoms with Crippen molar-refractivity contribution in [1.29, 1.82) is 0 Å². The van der Waals surface area contributed by atoms with E-state index in [2.05, 4.69) is 5.32 Å². The molecule has 102 valence electrons. The van der Waals surface area contributed by atoms with Crippen LogP contribution >= 0.6 is 0 Å². The van der Waals surface area contributed by atoms with E-state index in [0.29, 0.717) is 24.4 Å². The first kappa shape index (κ1) is 13.4. The van der Waals surface area contributed by atoms with Gasteiger partial charge < -0.3 is 20.1 Å². The van der Waals surface area contributed by atoms with Gasteiger partial charge in [-0.3, -0.25) is 9.59 Å². The smallest absolute Gasteiger partial charge is 0.322 e. The lowest BCUT2D eigenvalue weighted by Crippen LogP contribution is -2.55. The Balaban J connectivity index is 2.12. The second-order valence-corrected chi connectivity index (χ2v) is 4.33. The summed E-state index contributed by atoms with van der Waals surface area (Å²) in [7, 11) is 1.54. The van der Waals surface area contributed by atoms with Gasteiger partial charge in [0, 0.05) is 25.2 Å². The summed E-state index contributed by atoms with van der Waals surface area (Å²) in [5, 5.41) is 11.8. The molecule has 2 N–H and O–H groups in total. The Kier molecular flexibility index (Phi) is 4.01. The van der Waals surface area contributed by atoms with E-state index < -0.39 is 12.0 Å². The van der Waals surface area contributed by atoms with Gasteiger partial charge in [0.2, 0.25) is 0 Å². The quantitative estimate of drug-likeness (QED) is 0.815. The average molecular weight is 264 g/mol. The van der Waals surface area contributed by atoms with Crippen LogP contribution in [0.2, 0.25) is 0 Å². The van der Waals surface area contributed by atoms with E-state index in [-0.39, 0.29) is 12.5 Å². The molecule has 0 bridgehead atoms. The summed E-state index contributed by atoms with van der Waals surface area (Å²) >= 11 is 0. The van der Waals surface area contributed by atoms with Crippen molar-refractivity contribution in [2.45, 2.75) is 6.04 Å². The topological polar surface area (TPSA) is 78.9 Å². The van der Waals surface area contributed by atoms with Crippen LogP contribution in [-0.2, 0) is 4.79 Å². The molecule has 1 unspecified atom stereocenters. The zero-order valence-electron chi connectivity index (χ0n) is 10.6. The highest BCUT2D eigenvalue weighted by molar-refractivity contribution is 5.95. The molecule has 1 atom stereocenters. The summed E-state index contributed by atoms with van der Waals surface area (Å²) in [6, 6.07) is 6.14. The Morgan fingerprint density at radius 3 is 2.95 bits per heavy atom. The number of hydrogen-bond acceptors (Lipinski definition) is 4. The van der Waals surface area contributed by atoms with E-state index >= 15 is 0 Å². The number of nitrogens with one attached hydrogen (secondary N) is 1. The summed E-state index contributed by atoms with van der Waals surface area (Å²) in [6.45, 7) is 1.15. The van der Waals surface area contributed by atoms with Gasteiger partial charge in [-0.15, -0.1) is 0 Å². The van der Waals surface area contributed by atoms with E-state index in [4.69, 9.17) is 9.84 Å². The van der Waals surface area contributed by atoms with Gasteiger partial charge in [-0.2, -0.15) is 0 Å². The van der Waals surface area contributed by atoms with E-state index in [1.807, 2.05) is 0 Å². The molecule has 19 heavy (non-hydrogen) atoms. The molecule has 6 nitrogen and oxygen atoms in total. The van der Waals surface area contributed by atoms with E-state index in [1.165, 1.54) is 7.11 Å². The molecule has 0 saturated carbocycles. The van der Waals surface area contributed by atoms with Crippen molar-refractivity contribution < 1.29 is 19.4 Å². The van der Waals surface area contributed by atoms with E-state index in [0.717, 1.165) is 0 Å². The molecule has 1 aromatic rings. The highest BCUT2D eigenvalue weighted by Crippen LogP contribution is 2.15. The van der Waals surface area contributed by atoms with Crippen molar-refractivity contribution in [3.8, 4) is 5.75 Å². The zero-order chi connectivity index (χ0) is 13.8. The summed E-state index contributed by atoms with van der Waals surface area (Å²) in [4.78, 5) is 24.8. The van der Waals surface area contributed by atoms with Crippen LogP contribution in [0.5, 0.6) is 5.75 Å². The summed E-state index contributed by atoms with van der Waals surface area (Å²) < 4.78 is 5.07. The van der Waals surface area contributed by atoms with Crippen LogP contribution in [0, 0.1) is 0 Å². The molecule has 1 amide bonds. The molecule has 1 aliphatic rings. The predicted molar refractivity (Wildman–Crippen MR) is 68.3 cm³/mol. The largest absolute Gasteiger partial charge is 0.497 e. The first-order valence-electron chi connectivity index (χ1n) is 6.01. The molecule has 0 spiro atoms. The molecule has 1 fully saturated rings. The van der Waals surface area contributed by atoms with Gasteiger partial charge in [0.05, 0.1) is 7.11 Å². The van der Waals surface area contributed by atoms with Crippen molar-refractivity contribution >= 4 is 11.9 Å². The molecule has 1 saturated heterocycles. The number of amides is 1. The lowest BCUT2D eigenvalue weighted by molar-refractivity contribution is -0.140. The molecule has 0 radical (unpaired) electrons. The molecule has 1 heterocycles. The molecule has 6 heteroatoms. The predicted octanol–water partition coefficient (Wildman–Crippen LogP) is 0.194. The third-order valence-electron chi connectivity index (χ3n) is 3.08. The monoisotopic (exact) mass is 264 g/mol. The average Bonchev–Trinajstić information content (AvgIpc) is 2.46. The highest BCUT2D eigenvalue weighted by Gasteiger charge is 2.28. The van der Waals surface area contributed by atoms with Gasteiger partial charge in [0.15, 0.2) is 0 Å². The minimum Gasteiger partial charge on any atom is -0.497 e. The second-order valence-electron chi connectivity index (χ2n) is 4.33. The first-order chi connectivity index (χ1) is 9.11. The minimum absolute atomic E-state index is 0.172. The van der Waals surface area contributed by atoms with Crippen LogP contribution in [-0.4, -0.2) is 54.7 Å². The Morgan fingerprint density at radius 2 is 2.26 bits per heavy atom. The number of rotatable bonds is 3. The Morgan fingerprint density at radius 1 is 1.47 bits per heavy atom.